The summed E-state index contributed by atoms with van der Waals surface area (Å²) in [6, 6.07) is 11.7. The number of fused-ring (bicyclic) bond motifs is 3. The average Bonchev–Trinajstić information content (AvgIpc) is 3.34. The van der Waals surface area contributed by atoms with E-state index in [0.29, 0.717) is 35.4 Å². The number of carbonyl (C=O) groups excluding carboxylic acids is 1. The van der Waals surface area contributed by atoms with Gasteiger partial charge in [-0.15, -0.1) is 0 Å². The average molecular weight is 533 g/mol. The van der Waals surface area contributed by atoms with Gasteiger partial charge in [-0.1, -0.05) is 23.7 Å². The number of pyridine rings is 2. The van der Waals surface area contributed by atoms with Gasteiger partial charge in [0.25, 0.3) is 11.5 Å². The van der Waals surface area contributed by atoms with Gasteiger partial charge in [0.05, 0.1) is 23.1 Å². The largest absolute Gasteiger partial charge is 0.379 e. The van der Waals surface area contributed by atoms with Crippen molar-refractivity contribution < 1.29 is 9.18 Å². The van der Waals surface area contributed by atoms with E-state index in [1.54, 1.807) is 36.0 Å². The van der Waals surface area contributed by atoms with Crippen LogP contribution < -0.4 is 16.2 Å². The van der Waals surface area contributed by atoms with Gasteiger partial charge in [0, 0.05) is 48.9 Å². The molecule has 8 nitrogen and oxygen atoms in total. The molecule has 194 valence electrons. The third kappa shape index (κ3) is 4.28. The minimum absolute atomic E-state index is 0.0581. The van der Waals surface area contributed by atoms with Crippen LogP contribution in [0.5, 0.6) is 0 Å². The fourth-order valence-corrected chi connectivity index (χ4v) is 5.02. The molecule has 0 unspecified atom stereocenters. The summed E-state index contributed by atoms with van der Waals surface area (Å²) in [6.07, 6.45) is 1.80. The summed E-state index contributed by atoms with van der Waals surface area (Å²) in [5.74, 6) is -1.17. The summed E-state index contributed by atoms with van der Waals surface area (Å²) in [6.45, 7) is 4.94. The molecule has 38 heavy (non-hydrogen) atoms. The van der Waals surface area contributed by atoms with Crippen molar-refractivity contribution in [3.05, 3.63) is 86.7 Å². The second-order valence-electron chi connectivity index (χ2n) is 9.07. The van der Waals surface area contributed by atoms with Crippen molar-refractivity contribution in [2.45, 2.75) is 26.9 Å². The second-order valence-corrected chi connectivity index (χ2v) is 9.45. The molecule has 0 aliphatic carbocycles. The lowest BCUT2D eigenvalue weighted by atomic mass is 10.00. The van der Waals surface area contributed by atoms with E-state index in [1.807, 2.05) is 30.7 Å². The van der Waals surface area contributed by atoms with Gasteiger partial charge in [0.2, 0.25) is 0 Å². The molecule has 0 spiro atoms. The first kappa shape index (κ1) is 25.4. The third-order valence-corrected chi connectivity index (χ3v) is 6.85. The lowest BCUT2D eigenvalue weighted by molar-refractivity contribution is 0.0959. The number of aryl methyl sites for hydroxylation is 3. The minimum atomic E-state index is -0.662. The van der Waals surface area contributed by atoms with Gasteiger partial charge in [-0.05, 0) is 55.3 Å². The molecular formula is C28H26ClFN6O2. The van der Waals surface area contributed by atoms with Crippen molar-refractivity contribution >= 4 is 45.0 Å². The number of anilines is 1. The molecule has 0 aliphatic heterocycles. The fourth-order valence-electron chi connectivity index (χ4n) is 4.87. The van der Waals surface area contributed by atoms with Crippen LogP contribution in [0.1, 0.15) is 28.4 Å². The topological polar surface area (TPSA) is 93.8 Å². The van der Waals surface area contributed by atoms with Crippen LogP contribution in [0.2, 0.25) is 5.15 Å². The van der Waals surface area contributed by atoms with E-state index in [1.165, 1.54) is 19.2 Å². The molecule has 0 saturated heterocycles. The highest BCUT2D eigenvalue weighted by molar-refractivity contribution is 6.29. The molecule has 0 bridgehead atoms. The van der Waals surface area contributed by atoms with Gasteiger partial charge in [-0.3, -0.25) is 14.2 Å². The number of rotatable bonds is 6. The second kappa shape index (κ2) is 9.90. The Kier molecular flexibility index (Phi) is 6.62. The minimum Gasteiger partial charge on any atom is -0.379 e. The molecular weight excluding hydrogens is 507 g/mol. The summed E-state index contributed by atoms with van der Waals surface area (Å²) in [4.78, 5) is 29.7. The summed E-state index contributed by atoms with van der Waals surface area (Å²) < 4.78 is 18.2. The Balaban J connectivity index is 1.60. The number of hydrogen-bond acceptors (Lipinski definition) is 5. The van der Waals surface area contributed by atoms with E-state index in [-0.39, 0.29) is 16.3 Å². The van der Waals surface area contributed by atoms with E-state index >= 15 is 0 Å². The van der Waals surface area contributed by atoms with E-state index in [4.69, 9.17) is 11.6 Å². The first-order valence-corrected chi connectivity index (χ1v) is 12.5. The zero-order valence-corrected chi connectivity index (χ0v) is 22.2. The molecule has 0 atom stereocenters. The van der Waals surface area contributed by atoms with Crippen LogP contribution in [-0.4, -0.2) is 32.3 Å². The van der Waals surface area contributed by atoms with Crippen molar-refractivity contribution in [2.75, 3.05) is 12.4 Å². The molecule has 3 heterocycles. The number of benzene rings is 2. The number of amides is 1. The number of hydrogen-bond donors (Lipinski definition) is 2. The lowest BCUT2D eigenvalue weighted by Gasteiger charge is -2.16. The predicted molar refractivity (Wildman–Crippen MR) is 148 cm³/mol. The van der Waals surface area contributed by atoms with Gasteiger partial charge in [-0.2, -0.15) is 5.10 Å². The summed E-state index contributed by atoms with van der Waals surface area (Å²) in [5.41, 5.74) is 4.02. The quantitative estimate of drug-likeness (QED) is 0.299. The van der Waals surface area contributed by atoms with Gasteiger partial charge in [-0.25, -0.2) is 14.1 Å². The Morgan fingerprint density at radius 3 is 2.63 bits per heavy atom. The van der Waals surface area contributed by atoms with E-state index in [0.717, 1.165) is 27.5 Å². The van der Waals surface area contributed by atoms with Crippen LogP contribution in [0.4, 0.5) is 10.1 Å². The van der Waals surface area contributed by atoms with Crippen LogP contribution in [-0.2, 0) is 20.1 Å². The van der Waals surface area contributed by atoms with Crippen molar-refractivity contribution in [3.63, 3.8) is 0 Å². The molecule has 2 aromatic carbocycles. The Hall–Kier alpha value is -4.24. The van der Waals surface area contributed by atoms with Gasteiger partial charge in [0.15, 0.2) is 0 Å². The zero-order chi connectivity index (χ0) is 27.1. The van der Waals surface area contributed by atoms with Crippen molar-refractivity contribution in [1.82, 2.24) is 24.6 Å². The highest BCUT2D eigenvalue weighted by Gasteiger charge is 2.18. The Labute approximate surface area is 223 Å². The Bertz CT molecular complexity index is 1790. The Morgan fingerprint density at radius 1 is 1.13 bits per heavy atom. The summed E-state index contributed by atoms with van der Waals surface area (Å²) in [5, 5.41) is 12.9. The third-order valence-electron chi connectivity index (χ3n) is 6.64. The van der Waals surface area contributed by atoms with E-state index < -0.39 is 11.7 Å². The molecule has 0 saturated carbocycles. The van der Waals surface area contributed by atoms with Crippen molar-refractivity contribution in [1.29, 1.82) is 0 Å². The lowest BCUT2D eigenvalue weighted by Crippen LogP contribution is -2.20. The maximum absolute atomic E-state index is 14.7. The van der Waals surface area contributed by atoms with Gasteiger partial charge < -0.3 is 10.6 Å². The van der Waals surface area contributed by atoms with Gasteiger partial charge in [0.1, 0.15) is 16.6 Å². The highest BCUT2D eigenvalue weighted by atomic mass is 35.5. The maximum Gasteiger partial charge on any atom is 0.259 e. The summed E-state index contributed by atoms with van der Waals surface area (Å²) in [7, 11) is 3.21. The predicted octanol–water partition coefficient (Wildman–Crippen LogP) is 5.04. The Morgan fingerprint density at radius 2 is 1.92 bits per heavy atom. The van der Waals surface area contributed by atoms with E-state index in [2.05, 4.69) is 20.7 Å². The van der Waals surface area contributed by atoms with Crippen LogP contribution in [0.15, 0.2) is 53.5 Å². The normalized spacial score (nSPS) is 11.3. The molecule has 10 heteroatoms. The first-order chi connectivity index (χ1) is 18.2. The number of aromatic nitrogens is 4. The van der Waals surface area contributed by atoms with E-state index in [9.17, 15) is 14.0 Å². The summed E-state index contributed by atoms with van der Waals surface area (Å²) >= 11 is 6.20. The molecule has 2 N–H and O–H groups in total. The van der Waals surface area contributed by atoms with Crippen LogP contribution >= 0.6 is 11.6 Å². The highest BCUT2D eigenvalue weighted by Crippen LogP contribution is 2.32. The maximum atomic E-state index is 14.7. The monoisotopic (exact) mass is 532 g/mol. The van der Waals surface area contributed by atoms with Crippen molar-refractivity contribution in [3.8, 4) is 11.3 Å². The number of nitrogens with one attached hydrogen (secondary N) is 2. The number of nitrogens with zero attached hydrogens (tertiary/aromatic N) is 4. The SMILES string of the molecule is CCn1ncc2c3c(CNc4ccc(Cl)nc4-c4ccc(C(=O)NC)c(F)c4)cc(C)cc3c(=O)n(C)c21. The zero-order valence-electron chi connectivity index (χ0n) is 21.4. The molecule has 0 fully saturated rings. The van der Waals surface area contributed by atoms with Crippen LogP contribution in [0, 0.1) is 12.7 Å². The van der Waals surface area contributed by atoms with Crippen molar-refractivity contribution in [2.24, 2.45) is 7.05 Å². The molecule has 0 aliphatic rings. The van der Waals surface area contributed by atoms with Gasteiger partial charge >= 0.3 is 0 Å². The molecule has 5 aromatic rings. The number of halogens is 2. The van der Waals surface area contributed by atoms with Crippen LogP contribution in [0.25, 0.3) is 33.1 Å². The molecule has 0 radical (unpaired) electrons. The van der Waals surface area contributed by atoms with Crippen LogP contribution in [0.3, 0.4) is 0 Å². The smallest absolute Gasteiger partial charge is 0.259 e. The molecule has 1 amide bonds. The molecule has 3 aromatic heterocycles. The first-order valence-electron chi connectivity index (χ1n) is 12.1. The molecule has 5 rings (SSSR count). The number of carbonyl (C=O) groups is 1. The standard InChI is InChI=1S/C28H26ClFN6O2/c1-5-36-27-20(14-33-36)24-17(10-15(2)11-19(24)28(38)35(27)4)13-32-22-8-9-23(29)34-25(22)16-6-7-18(21(30)12-16)26(37)31-3/h6-12,14,32H,5,13H2,1-4H3,(H,31,37). The fraction of sp³-hybridized carbons (Fsp3) is 0.214.